The number of rotatable bonds is 3. The van der Waals surface area contributed by atoms with Crippen LogP contribution in [0, 0.1) is 0 Å². The molecule has 1 unspecified atom stereocenters. The first-order chi connectivity index (χ1) is 11.8. The van der Waals surface area contributed by atoms with Gasteiger partial charge in [0.25, 0.3) is 0 Å². The summed E-state index contributed by atoms with van der Waals surface area (Å²) < 4.78 is 0.248. The molecule has 0 aromatic heterocycles. The Morgan fingerprint density at radius 3 is 1.96 bits per heavy atom. The molecule has 24 heavy (non-hydrogen) atoms. The zero-order valence-electron chi connectivity index (χ0n) is 12.9. The van der Waals surface area contributed by atoms with Crippen molar-refractivity contribution < 1.29 is 19.4 Å². The van der Waals surface area contributed by atoms with Crippen molar-refractivity contribution in [3.8, 4) is 22.3 Å². The summed E-state index contributed by atoms with van der Waals surface area (Å²) in [6.45, 7) is 0. The van der Waals surface area contributed by atoms with E-state index in [1.165, 1.54) is 33.4 Å². The van der Waals surface area contributed by atoms with E-state index in [1.807, 2.05) is 0 Å². The van der Waals surface area contributed by atoms with Crippen LogP contribution >= 0.6 is 17.0 Å². The van der Waals surface area contributed by atoms with Crippen LogP contribution in [0.15, 0.2) is 78.9 Å². The monoisotopic (exact) mass is 427 g/mol. The van der Waals surface area contributed by atoms with Crippen LogP contribution in [0.2, 0.25) is 0 Å². The van der Waals surface area contributed by atoms with Gasteiger partial charge in [0.05, 0.1) is 0 Å². The van der Waals surface area contributed by atoms with Crippen LogP contribution in [0.1, 0.15) is 14.8 Å². The van der Waals surface area contributed by atoms with Gasteiger partial charge >= 0.3 is 158 Å². The third kappa shape index (κ3) is 2.95. The van der Waals surface area contributed by atoms with Crippen molar-refractivity contribution >= 4 is 23.1 Å². The molecular weight excluding hydrogens is 414 g/mol. The third-order valence-corrected chi connectivity index (χ3v) is 9.63. The molecule has 0 radical (unpaired) electrons. The molecular formula is C21H15Cl2Zr. The number of allylic oxidation sites excluding steroid dienone is 1. The van der Waals surface area contributed by atoms with Gasteiger partial charge in [-0.1, -0.05) is 0 Å². The number of fused-ring (bicyclic) bond motifs is 1. The van der Waals surface area contributed by atoms with Crippen LogP contribution in [0.4, 0.5) is 0 Å². The Morgan fingerprint density at radius 2 is 1.33 bits per heavy atom. The van der Waals surface area contributed by atoms with Gasteiger partial charge in [-0.3, -0.25) is 0 Å². The number of benzene rings is 3. The summed E-state index contributed by atoms with van der Waals surface area (Å²) in [6.07, 6.45) is 4.40. The fraction of sp³-hybridized carbons (Fsp3) is 0.0476. The first-order valence-corrected chi connectivity index (χ1v) is 15.6. The molecule has 0 spiro atoms. The van der Waals surface area contributed by atoms with Gasteiger partial charge in [0.1, 0.15) is 0 Å². The Balaban J connectivity index is 1.99. The predicted octanol–water partition coefficient (Wildman–Crippen LogP) is 7.01. The Bertz CT molecular complexity index is 886. The summed E-state index contributed by atoms with van der Waals surface area (Å²) in [5.74, 6) is 0. The Labute approximate surface area is 157 Å². The minimum atomic E-state index is -2.38. The molecule has 1 atom stereocenters. The second-order valence-corrected chi connectivity index (χ2v) is 14.8. The summed E-state index contributed by atoms with van der Waals surface area (Å²) in [4.78, 5) is 0. The molecule has 0 N–H and O–H groups in total. The molecule has 117 valence electrons. The van der Waals surface area contributed by atoms with Gasteiger partial charge in [-0.05, 0) is 0 Å². The van der Waals surface area contributed by atoms with E-state index >= 15 is 0 Å². The van der Waals surface area contributed by atoms with Gasteiger partial charge in [0, 0.05) is 0 Å². The topological polar surface area (TPSA) is 0 Å². The summed E-state index contributed by atoms with van der Waals surface area (Å²) in [7, 11) is 12.8. The Morgan fingerprint density at radius 1 is 0.708 bits per heavy atom. The van der Waals surface area contributed by atoms with Crippen LogP contribution in [0.5, 0.6) is 0 Å². The van der Waals surface area contributed by atoms with Crippen molar-refractivity contribution in [1.82, 2.24) is 0 Å². The molecule has 4 rings (SSSR count). The van der Waals surface area contributed by atoms with Crippen LogP contribution in [0.25, 0.3) is 28.3 Å². The maximum absolute atomic E-state index is 6.38. The third-order valence-electron chi connectivity index (χ3n) is 4.45. The van der Waals surface area contributed by atoms with E-state index in [9.17, 15) is 0 Å². The number of halogens is 2. The molecule has 1 aliphatic rings. The average molecular weight is 429 g/mol. The van der Waals surface area contributed by atoms with Crippen LogP contribution in [0.3, 0.4) is 0 Å². The molecule has 0 saturated carbocycles. The van der Waals surface area contributed by atoms with E-state index in [2.05, 4.69) is 84.9 Å². The molecule has 3 aromatic carbocycles. The maximum atomic E-state index is 6.38. The first-order valence-electron chi connectivity index (χ1n) is 7.89. The van der Waals surface area contributed by atoms with Gasteiger partial charge in [-0.15, -0.1) is 0 Å². The van der Waals surface area contributed by atoms with Crippen LogP contribution in [-0.2, 0) is 19.4 Å². The van der Waals surface area contributed by atoms with Gasteiger partial charge in [-0.2, -0.15) is 0 Å². The summed E-state index contributed by atoms with van der Waals surface area (Å²) in [5, 5.41) is 0. The van der Waals surface area contributed by atoms with E-state index in [1.54, 1.807) is 0 Å². The zero-order chi connectivity index (χ0) is 16.5. The molecule has 3 aromatic rings. The van der Waals surface area contributed by atoms with E-state index in [0.717, 1.165) is 0 Å². The van der Waals surface area contributed by atoms with Gasteiger partial charge in [0.15, 0.2) is 0 Å². The zero-order valence-corrected chi connectivity index (χ0v) is 16.9. The van der Waals surface area contributed by atoms with Gasteiger partial charge in [-0.25, -0.2) is 0 Å². The van der Waals surface area contributed by atoms with Crippen LogP contribution in [-0.4, -0.2) is 0 Å². The molecule has 0 amide bonds. The van der Waals surface area contributed by atoms with Crippen molar-refractivity contribution in [2.45, 2.75) is 3.63 Å². The molecule has 0 saturated heterocycles. The van der Waals surface area contributed by atoms with Crippen molar-refractivity contribution in [3.63, 3.8) is 0 Å². The molecule has 3 heteroatoms. The van der Waals surface area contributed by atoms with Gasteiger partial charge in [0.2, 0.25) is 0 Å². The SMILES string of the molecule is [Cl][Zr]([Cl])[CH]1C=Cc2c1ccc(-c1ccccc1)c2-c1ccccc1. The van der Waals surface area contributed by atoms with Crippen molar-refractivity contribution in [2.75, 3.05) is 0 Å². The molecule has 0 aliphatic heterocycles. The normalized spacial score (nSPS) is 15.3. The fourth-order valence-corrected chi connectivity index (χ4v) is 7.39. The standard InChI is InChI=1S/C21H15.2ClH.Zr/c1-3-8-16(9-4-1)20-15-14-17-12-7-13-19(17)21(20)18-10-5-2-6-11-18;;;/h1-15H;2*1H;/q;;;+2/p-2. The molecule has 0 fully saturated rings. The van der Waals surface area contributed by atoms with Crippen molar-refractivity contribution in [2.24, 2.45) is 0 Å². The van der Waals surface area contributed by atoms with E-state index in [-0.39, 0.29) is 3.63 Å². The quantitative estimate of drug-likeness (QED) is 0.420. The van der Waals surface area contributed by atoms with Gasteiger partial charge < -0.3 is 0 Å². The van der Waals surface area contributed by atoms with E-state index in [0.29, 0.717) is 0 Å². The number of hydrogen-bond donors (Lipinski definition) is 0. The van der Waals surface area contributed by atoms with Crippen LogP contribution < -0.4 is 0 Å². The minimum absolute atomic E-state index is 0.248. The second-order valence-electron chi connectivity index (χ2n) is 5.85. The Hall–Kier alpha value is -1.14. The Kier molecular flexibility index (Phi) is 4.77. The first kappa shape index (κ1) is 16.3. The molecule has 1 aliphatic carbocycles. The fourth-order valence-electron chi connectivity index (χ4n) is 3.35. The van der Waals surface area contributed by atoms with Crippen molar-refractivity contribution in [1.29, 1.82) is 0 Å². The van der Waals surface area contributed by atoms with E-state index in [4.69, 9.17) is 17.0 Å². The van der Waals surface area contributed by atoms with Crippen molar-refractivity contribution in [3.05, 3.63) is 90.0 Å². The average Bonchev–Trinajstić information content (AvgIpc) is 3.06. The predicted molar refractivity (Wildman–Crippen MR) is 101 cm³/mol. The number of hydrogen-bond acceptors (Lipinski definition) is 0. The summed E-state index contributed by atoms with van der Waals surface area (Å²) in [6, 6.07) is 25.5. The molecule has 0 heterocycles. The second kappa shape index (κ2) is 7.00. The molecule has 0 bridgehead atoms. The summed E-state index contributed by atoms with van der Waals surface area (Å²) in [5.41, 5.74) is 7.54. The van der Waals surface area contributed by atoms with E-state index < -0.39 is 19.4 Å². The summed E-state index contributed by atoms with van der Waals surface area (Å²) >= 11 is -2.38. The molecule has 0 nitrogen and oxygen atoms in total.